The Morgan fingerprint density at radius 2 is 2.20 bits per heavy atom. The number of nitrogens with one attached hydrogen (secondary N) is 2. The van der Waals surface area contributed by atoms with E-state index in [9.17, 15) is 9.59 Å². The van der Waals surface area contributed by atoms with Crippen molar-refractivity contribution in [3.05, 3.63) is 41.4 Å². The third-order valence-electron chi connectivity index (χ3n) is 2.30. The molecule has 0 saturated heterocycles. The molecule has 2 amide bonds. The van der Waals surface area contributed by atoms with Gasteiger partial charge in [0.15, 0.2) is 5.13 Å². The zero-order valence-electron chi connectivity index (χ0n) is 10.8. The number of hydrogen-bond acceptors (Lipinski definition) is 5. The van der Waals surface area contributed by atoms with Crippen molar-refractivity contribution in [1.82, 2.24) is 4.98 Å². The fourth-order valence-corrected chi connectivity index (χ4v) is 2.00. The number of carbonyl (C=O) groups excluding carboxylic acids is 2. The Bertz CT molecular complexity index is 599. The zero-order valence-corrected chi connectivity index (χ0v) is 11.6. The van der Waals surface area contributed by atoms with Gasteiger partial charge < -0.3 is 4.74 Å². The van der Waals surface area contributed by atoms with Crippen LogP contribution in [0.3, 0.4) is 0 Å². The minimum atomic E-state index is -0.551. The van der Waals surface area contributed by atoms with Gasteiger partial charge in [0.25, 0.3) is 5.91 Å². The van der Waals surface area contributed by atoms with Crippen LogP contribution in [0.4, 0.5) is 15.6 Å². The highest BCUT2D eigenvalue weighted by Crippen LogP contribution is 2.15. The van der Waals surface area contributed by atoms with Crippen molar-refractivity contribution in [2.45, 2.75) is 6.92 Å². The summed E-state index contributed by atoms with van der Waals surface area (Å²) in [6, 6.07) is 6.58. The fourth-order valence-electron chi connectivity index (χ4n) is 1.48. The smallest absolute Gasteiger partial charge is 0.411 e. The number of aromatic nitrogens is 1. The van der Waals surface area contributed by atoms with E-state index in [4.69, 9.17) is 4.74 Å². The number of amides is 2. The summed E-state index contributed by atoms with van der Waals surface area (Å²) in [5.41, 5.74) is 0.921. The number of nitrogens with zero attached hydrogens (tertiary/aromatic N) is 1. The van der Waals surface area contributed by atoms with E-state index in [1.165, 1.54) is 11.3 Å². The summed E-state index contributed by atoms with van der Waals surface area (Å²) in [7, 11) is 0. The predicted octanol–water partition coefficient (Wildman–Crippen LogP) is 2.96. The van der Waals surface area contributed by atoms with Gasteiger partial charge in [0.05, 0.1) is 6.61 Å². The summed E-state index contributed by atoms with van der Waals surface area (Å²) < 4.78 is 4.77. The van der Waals surface area contributed by atoms with Crippen LogP contribution in [0.15, 0.2) is 35.8 Å². The lowest BCUT2D eigenvalue weighted by atomic mass is 10.2. The van der Waals surface area contributed by atoms with Gasteiger partial charge in [0.2, 0.25) is 0 Å². The molecule has 7 heteroatoms. The first-order chi connectivity index (χ1) is 9.69. The number of benzene rings is 1. The Morgan fingerprint density at radius 1 is 1.35 bits per heavy atom. The van der Waals surface area contributed by atoms with E-state index in [0.29, 0.717) is 16.4 Å². The molecule has 1 heterocycles. The van der Waals surface area contributed by atoms with E-state index < -0.39 is 6.09 Å². The summed E-state index contributed by atoms with van der Waals surface area (Å²) in [6.07, 6.45) is 1.06. The lowest BCUT2D eigenvalue weighted by Crippen LogP contribution is -2.15. The Kier molecular flexibility index (Phi) is 4.67. The molecule has 6 nitrogen and oxygen atoms in total. The van der Waals surface area contributed by atoms with Gasteiger partial charge in [-0.1, -0.05) is 6.07 Å². The van der Waals surface area contributed by atoms with Crippen molar-refractivity contribution in [3.8, 4) is 0 Å². The van der Waals surface area contributed by atoms with Gasteiger partial charge in [0, 0.05) is 22.8 Å². The maximum absolute atomic E-state index is 12.0. The van der Waals surface area contributed by atoms with Gasteiger partial charge in [-0.25, -0.2) is 9.78 Å². The van der Waals surface area contributed by atoms with Crippen molar-refractivity contribution < 1.29 is 14.3 Å². The molecular weight excluding hydrogens is 278 g/mol. The lowest BCUT2D eigenvalue weighted by Gasteiger charge is -2.07. The van der Waals surface area contributed by atoms with Crippen LogP contribution in [0.25, 0.3) is 0 Å². The van der Waals surface area contributed by atoms with Gasteiger partial charge in [-0.2, -0.15) is 0 Å². The van der Waals surface area contributed by atoms with E-state index in [-0.39, 0.29) is 12.5 Å². The van der Waals surface area contributed by atoms with Crippen molar-refractivity contribution >= 4 is 34.2 Å². The molecule has 1 aromatic heterocycles. The number of thiazole rings is 1. The molecule has 0 aliphatic heterocycles. The molecule has 0 saturated carbocycles. The zero-order chi connectivity index (χ0) is 14.4. The number of hydrogen-bond donors (Lipinski definition) is 2. The molecule has 1 aromatic carbocycles. The van der Waals surface area contributed by atoms with Crippen molar-refractivity contribution in [2.24, 2.45) is 0 Å². The van der Waals surface area contributed by atoms with Crippen molar-refractivity contribution in [3.63, 3.8) is 0 Å². The summed E-state index contributed by atoms with van der Waals surface area (Å²) in [4.78, 5) is 27.3. The second-order valence-electron chi connectivity index (χ2n) is 3.72. The molecule has 0 atom stereocenters. The van der Waals surface area contributed by atoms with Gasteiger partial charge in [0.1, 0.15) is 0 Å². The number of rotatable bonds is 4. The number of carbonyl (C=O) groups is 2. The maximum atomic E-state index is 12.0. The lowest BCUT2D eigenvalue weighted by molar-refractivity contribution is 0.102. The van der Waals surface area contributed by atoms with Crippen LogP contribution in [0.2, 0.25) is 0 Å². The topological polar surface area (TPSA) is 80.3 Å². The molecular formula is C13H13N3O3S. The van der Waals surface area contributed by atoms with E-state index in [1.54, 1.807) is 42.8 Å². The molecule has 104 valence electrons. The minimum absolute atomic E-state index is 0.285. The highest BCUT2D eigenvalue weighted by molar-refractivity contribution is 7.13. The van der Waals surface area contributed by atoms with Crippen LogP contribution < -0.4 is 10.6 Å². The summed E-state index contributed by atoms with van der Waals surface area (Å²) >= 11 is 1.33. The highest BCUT2D eigenvalue weighted by Gasteiger charge is 2.09. The normalized spacial score (nSPS) is 9.85. The third-order valence-corrected chi connectivity index (χ3v) is 2.99. The molecule has 2 rings (SSSR count). The molecule has 0 unspecified atom stereocenters. The SMILES string of the molecule is CCOC(=O)Nc1cccc(C(=O)Nc2nccs2)c1. The number of ether oxygens (including phenoxy) is 1. The Hall–Kier alpha value is -2.41. The Labute approximate surface area is 119 Å². The Balaban J connectivity index is 2.05. The summed E-state index contributed by atoms with van der Waals surface area (Å²) in [5, 5.41) is 7.51. The monoisotopic (exact) mass is 291 g/mol. The largest absolute Gasteiger partial charge is 0.450 e. The van der Waals surface area contributed by atoms with Crippen LogP contribution in [0.5, 0.6) is 0 Å². The van der Waals surface area contributed by atoms with E-state index in [0.717, 1.165) is 0 Å². The quantitative estimate of drug-likeness (QED) is 0.907. The molecule has 0 aliphatic carbocycles. The summed E-state index contributed by atoms with van der Waals surface area (Å²) in [6.45, 7) is 2.01. The minimum Gasteiger partial charge on any atom is -0.450 e. The van der Waals surface area contributed by atoms with E-state index in [1.807, 2.05) is 0 Å². The maximum Gasteiger partial charge on any atom is 0.411 e. The van der Waals surface area contributed by atoms with Crippen LogP contribution in [0, 0.1) is 0 Å². The fraction of sp³-hybridized carbons (Fsp3) is 0.154. The highest BCUT2D eigenvalue weighted by atomic mass is 32.1. The molecule has 2 aromatic rings. The molecule has 0 bridgehead atoms. The van der Waals surface area contributed by atoms with Crippen molar-refractivity contribution in [2.75, 3.05) is 17.2 Å². The van der Waals surface area contributed by atoms with Gasteiger partial charge in [-0.05, 0) is 25.1 Å². The first-order valence-electron chi connectivity index (χ1n) is 5.93. The first-order valence-corrected chi connectivity index (χ1v) is 6.81. The van der Waals surface area contributed by atoms with E-state index in [2.05, 4.69) is 15.6 Å². The van der Waals surface area contributed by atoms with E-state index >= 15 is 0 Å². The first kappa shape index (κ1) is 14.0. The molecule has 0 spiro atoms. The van der Waals surface area contributed by atoms with Gasteiger partial charge in [-0.3, -0.25) is 15.4 Å². The predicted molar refractivity (Wildman–Crippen MR) is 77.2 cm³/mol. The number of anilines is 2. The van der Waals surface area contributed by atoms with Crippen LogP contribution in [-0.2, 0) is 4.74 Å². The molecule has 2 N–H and O–H groups in total. The Morgan fingerprint density at radius 3 is 2.90 bits per heavy atom. The van der Waals surface area contributed by atoms with Crippen LogP contribution >= 0.6 is 11.3 Å². The molecule has 20 heavy (non-hydrogen) atoms. The second-order valence-corrected chi connectivity index (χ2v) is 4.61. The standard InChI is InChI=1S/C13H13N3O3S/c1-2-19-13(18)15-10-5-3-4-9(8-10)11(17)16-12-14-6-7-20-12/h3-8H,2H2,1H3,(H,15,18)(H,14,16,17). The third kappa shape index (κ3) is 3.79. The molecule has 0 fully saturated rings. The van der Waals surface area contributed by atoms with Crippen LogP contribution in [0.1, 0.15) is 17.3 Å². The van der Waals surface area contributed by atoms with Gasteiger partial charge in [-0.15, -0.1) is 11.3 Å². The van der Waals surface area contributed by atoms with Gasteiger partial charge >= 0.3 is 6.09 Å². The summed E-state index contributed by atoms with van der Waals surface area (Å²) in [5.74, 6) is -0.285. The van der Waals surface area contributed by atoms with Crippen LogP contribution in [-0.4, -0.2) is 23.6 Å². The molecule has 0 radical (unpaired) electrons. The molecule has 0 aliphatic rings. The average Bonchev–Trinajstić information content (AvgIpc) is 2.92. The second kappa shape index (κ2) is 6.67. The average molecular weight is 291 g/mol. The van der Waals surface area contributed by atoms with Crippen molar-refractivity contribution in [1.29, 1.82) is 0 Å².